The van der Waals surface area contributed by atoms with Crippen LogP contribution in [0.4, 0.5) is 5.69 Å². The van der Waals surface area contributed by atoms with Crippen molar-refractivity contribution in [2.75, 3.05) is 12.4 Å². The van der Waals surface area contributed by atoms with Gasteiger partial charge >= 0.3 is 0 Å². The summed E-state index contributed by atoms with van der Waals surface area (Å²) in [4.78, 5) is 20.3. The van der Waals surface area contributed by atoms with Crippen molar-refractivity contribution in [3.8, 4) is 5.75 Å². The number of thioether (sulfide) groups is 1. The third-order valence-electron chi connectivity index (χ3n) is 6.46. The molecule has 1 aromatic heterocycles. The summed E-state index contributed by atoms with van der Waals surface area (Å²) < 4.78 is 7.92. The molecule has 1 amide bonds. The molecule has 5 nitrogen and oxygen atoms in total. The van der Waals surface area contributed by atoms with Crippen molar-refractivity contribution in [2.24, 2.45) is 0 Å². The first kappa shape index (κ1) is 23.6. The van der Waals surface area contributed by atoms with Gasteiger partial charge < -0.3 is 15.0 Å². The Labute approximate surface area is 224 Å². The molecule has 2 heterocycles. The lowest BCUT2D eigenvalue weighted by Crippen LogP contribution is -2.42. The van der Waals surface area contributed by atoms with E-state index >= 15 is 0 Å². The number of hydrogen-bond donors (Lipinski definition) is 1. The number of carbonyl (C=O) groups is 1. The molecule has 1 atom stereocenters. The molecule has 0 aliphatic carbocycles. The molecule has 184 valence electrons. The zero-order chi connectivity index (χ0) is 25.2. The molecule has 1 N–H and O–H groups in total. The number of aromatic nitrogens is 1. The second-order valence-electron chi connectivity index (χ2n) is 8.82. The first-order valence-electron chi connectivity index (χ1n) is 12.1. The molecule has 0 radical (unpaired) electrons. The number of nitrogens with zero attached hydrogens (tertiary/aromatic N) is 2. The Hall–Kier alpha value is -3.81. The van der Waals surface area contributed by atoms with Crippen molar-refractivity contribution >= 4 is 44.9 Å². The van der Waals surface area contributed by atoms with Crippen molar-refractivity contribution in [1.82, 2.24) is 9.88 Å². The number of nitrogens with one attached hydrogen (secondary N) is 1. The van der Waals surface area contributed by atoms with Crippen LogP contribution in [0.25, 0.3) is 10.2 Å². The molecule has 1 aliphatic rings. The van der Waals surface area contributed by atoms with Gasteiger partial charge in [0.05, 0.1) is 22.9 Å². The maximum Gasteiger partial charge on any atom is 0.258 e. The number of fused-ring (bicyclic) bond motifs is 2. The Balaban J connectivity index is 1.33. The number of ether oxygens (including phenoxy) is 1. The molecule has 0 spiro atoms. The maximum absolute atomic E-state index is 13.7. The maximum atomic E-state index is 13.7. The van der Waals surface area contributed by atoms with Gasteiger partial charge in [0.15, 0.2) is 4.34 Å². The molecule has 0 saturated heterocycles. The Kier molecular flexibility index (Phi) is 6.55. The fourth-order valence-corrected chi connectivity index (χ4v) is 6.68. The smallest absolute Gasteiger partial charge is 0.258 e. The van der Waals surface area contributed by atoms with E-state index in [1.54, 1.807) is 30.2 Å². The van der Waals surface area contributed by atoms with E-state index in [1.807, 2.05) is 77.7 Å². The summed E-state index contributed by atoms with van der Waals surface area (Å²) in [5.74, 6) is 1.56. The van der Waals surface area contributed by atoms with Crippen LogP contribution in [0.1, 0.15) is 33.2 Å². The van der Waals surface area contributed by atoms with Gasteiger partial charge in [0.25, 0.3) is 5.91 Å². The minimum Gasteiger partial charge on any atom is -0.496 e. The minimum atomic E-state index is -0.306. The number of benzene rings is 4. The van der Waals surface area contributed by atoms with Gasteiger partial charge in [-0.15, -0.1) is 11.3 Å². The first-order valence-corrected chi connectivity index (χ1v) is 13.9. The van der Waals surface area contributed by atoms with E-state index in [9.17, 15) is 4.79 Å². The predicted molar refractivity (Wildman–Crippen MR) is 151 cm³/mol. The number of para-hydroxylation sites is 2. The van der Waals surface area contributed by atoms with Crippen molar-refractivity contribution in [3.63, 3.8) is 0 Å². The Morgan fingerprint density at radius 2 is 1.76 bits per heavy atom. The largest absolute Gasteiger partial charge is 0.496 e. The SMILES string of the molecule is COc1ccc([C@@H]2Nc3ccccc3C(=O)N2Cc2ccccc2)cc1CSc1nc2ccccc2s1. The van der Waals surface area contributed by atoms with E-state index in [0.29, 0.717) is 17.9 Å². The second-order valence-corrected chi connectivity index (χ2v) is 11.1. The zero-order valence-corrected chi connectivity index (χ0v) is 21.9. The third-order valence-corrected chi connectivity index (χ3v) is 8.69. The van der Waals surface area contributed by atoms with Crippen LogP contribution in [0.2, 0.25) is 0 Å². The molecule has 0 unspecified atom stereocenters. The molecular formula is C30H25N3O2S2. The summed E-state index contributed by atoms with van der Waals surface area (Å²) in [5, 5.41) is 3.62. The highest BCUT2D eigenvalue weighted by atomic mass is 32.2. The molecule has 37 heavy (non-hydrogen) atoms. The van der Waals surface area contributed by atoms with E-state index in [2.05, 4.69) is 29.6 Å². The van der Waals surface area contributed by atoms with E-state index in [0.717, 1.165) is 38.0 Å². The number of rotatable bonds is 7. The lowest BCUT2D eigenvalue weighted by Gasteiger charge is -2.38. The highest BCUT2D eigenvalue weighted by Crippen LogP contribution is 2.38. The summed E-state index contributed by atoms with van der Waals surface area (Å²) >= 11 is 3.41. The minimum absolute atomic E-state index is 0.0180. The average Bonchev–Trinajstić information content (AvgIpc) is 3.37. The number of amides is 1. The van der Waals surface area contributed by atoms with Crippen molar-refractivity contribution in [1.29, 1.82) is 0 Å². The fourth-order valence-electron chi connectivity index (χ4n) is 4.63. The summed E-state index contributed by atoms with van der Waals surface area (Å²) in [7, 11) is 1.70. The first-order chi connectivity index (χ1) is 18.2. The highest BCUT2D eigenvalue weighted by Gasteiger charge is 2.33. The van der Waals surface area contributed by atoms with Gasteiger partial charge in [0, 0.05) is 23.5 Å². The van der Waals surface area contributed by atoms with Gasteiger partial charge in [-0.05, 0) is 47.5 Å². The van der Waals surface area contributed by atoms with Crippen LogP contribution >= 0.6 is 23.1 Å². The Bertz CT molecular complexity index is 1530. The molecule has 7 heteroatoms. The quantitative estimate of drug-likeness (QED) is 0.226. The molecule has 0 saturated carbocycles. The number of thiazole rings is 1. The van der Waals surface area contributed by atoms with Crippen molar-refractivity contribution < 1.29 is 9.53 Å². The van der Waals surface area contributed by atoms with Crippen molar-refractivity contribution in [2.45, 2.75) is 22.8 Å². The normalized spacial score (nSPS) is 14.9. The third kappa shape index (κ3) is 4.80. The summed E-state index contributed by atoms with van der Waals surface area (Å²) in [6.07, 6.45) is -0.306. The second kappa shape index (κ2) is 10.3. The molecule has 1 aliphatic heterocycles. The van der Waals surface area contributed by atoms with Gasteiger partial charge in [0.1, 0.15) is 11.9 Å². The summed E-state index contributed by atoms with van der Waals surface area (Å²) in [6, 6.07) is 32.2. The van der Waals surface area contributed by atoms with Crippen LogP contribution < -0.4 is 10.1 Å². The fraction of sp³-hybridized carbons (Fsp3) is 0.133. The number of anilines is 1. The van der Waals surface area contributed by atoms with E-state index in [4.69, 9.17) is 9.72 Å². The summed E-state index contributed by atoms with van der Waals surface area (Å²) in [6.45, 7) is 0.507. The molecule has 0 fully saturated rings. The topological polar surface area (TPSA) is 54.5 Å². The number of hydrogen-bond acceptors (Lipinski definition) is 6. The molecule has 0 bridgehead atoms. The highest BCUT2D eigenvalue weighted by molar-refractivity contribution is 8.00. The van der Waals surface area contributed by atoms with Gasteiger partial charge in [-0.3, -0.25) is 4.79 Å². The van der Waals surface area contributed by atoms with Gasteiger partial charge in [-0.25, -0.2) is 4.98 Å². The molecule has 4 aromatic carbocycles. The van der Waals surface area contributed by atoms with Crippen molar-refractivity contribution in [3.05, 3.63) is 119 Å². The molecular weight excluding hydrogens is 498 g/mol. The van der Waals surface area contributed by atoms with E-state index < -0.39 is 0 Å². The van der Waals surface area contributed by atoms with Crippen LogP contribution in [-0.4, -0.2) is 22.9 Å². The standard InChI is InChI=1S/C30H25N3O2S2/c1-35-26-16-15-21(17-22(26)19-36-30-32-25-13-7-8-14-27(25)37-30)28-31-24-12-6-5-11-23(24)29(34)33(28)18-20-9-3-2-4-10-20/h2-17,28,31H,18-19H2,1H3/t28-/m1/s1. The lowest BCUT2D eigenvalue weighted by molar-refractivity contribution is 0.0666. The molecule has 6 rings (SSSR count). The molecule has 5 aromatic rings. The van der Waals surface area contributed by atoms with Gasteiger partial charge in [0.2, 0.25) is 0 Å². The van der Waals surface area contributed by atoms with Crippen LogP contribution in [0.5, 0.6) is 5.75 Å². The predicted octanol–water partition coefficient (Wildman–Crippen LogP) is 7.36. The van der Waals surface area contributed by atoms with Crippen LogP contribution in [0.15, 0.2) is 101 Å². The lowest BCUT2D eigenvalue weighted by atomic mass is 10.0. The number of methoxy groups -OCH3 is 1. The average molecular weight is 524 g/mol. The zero-order valence-electron chi connectivity index (χ0n) is 20.3. The Morgan fingerprint density at radius 1 is 0.973 bits per heavy atom. The number of carbonyl (C=O) groups excluding carboxylic acids is 1. The van der Waals surface area contributed by atoms with Crippen LogP contribution in [0, 0.1) is 0 Å². The van der Waals surface area contributed by atoms with Crippen LogP contribution in [-0.2, 0) is 12.3 Å². The van der Waals surface area contributed by atoms with E-state index in [1.165, 1.54) is 4.70 Å². The van der Waals surface area contributed by atoms with E-state index in [-0.39, 0.29) is 12.1 Å². The van der Waals surface area contributed by atoms with Gasteiger partial charge in [-0.1, -0.05) is 72.4 Å². The van der Waals surface area contributed by atoms with Crippen LogP contribution in [0.3, 0.4) is 0 Å². The Morgan fingerprint density at radius 3 is 2.59 bits per heavy atom. The summed E-state index contributed by atoms with van der Waals surface area (Å²) in [5.41, 5.74) is 5.73. The van der Waals surface area contributed by atoms with Gasteiger partial charge in [-0.2, -0.15) is 0 Å². The monoisotopic (exact) mass is 523 g/mol.